The van der Waals surface area contributed by atoms with Gasteiger partial charge in [0.15, 0.2) is 0 Å². The quantitative estimate of drug-likeness (QED) is 0.315. The molecule has 26 heavy (non-hydrogen) atoms. The maximum Gasteiger partial charge on any atom is 0.343 e. The molecule has 130 valence electrons. The lowest BCUT2D eigenvalue weighted by atomic mass is 9.87. The Kier molecular flexibility index (Phi) is 4.73. The van der Waals surface area contributed by atoms with Gasteiger partial charge in [-0.2, -0.15) is 0 Å². The summed E-state index contributed by atoms with van der Waals surface area (Å²) in [6.07, 6.45) is 0.0455. The van der Waals surface area contributed by atoms with Crippen molar-refractivity contribution in [2.45, 2.75) is 19.3 Å². The molecule has 0 saturated carbocycles. The van der Waals surface area contributed by atoms with Gasteiger partial charge in [0.1, 0.15) is 17.1 Å². The van der Waals surface area contributed by atoms with Crippen molar-refractivity contribution < 1.29 is 14.3 Å². The summed E-state index contributed by atoms with van der Waals surface area (Å²) < 4.78 is 5.33. The van der Waals surface area contributed by atoms with Crippen molar-refractivity contribution in [3.8, 4) is 5.75 Å². The van der Waals surface area contributed by atoms with Gasteiger partial charge < -0.3 is 9.52 Å². The van der Waals surface area contributed by atoms with Crippen LogP contribution in [-0.4, -0.2) is 10.9 Å². The highest BCUT2D eigenvalue weighted by Gasteiger charge is 2.25. The fraction of sp³-hybridized carbons (Fsp3) is 0.158. The molecule has 1 aromatic heterocycles. The summed E-state index contributed by atoms with van der Waals surface area (Å²) in [4.78, 5) is 27.0. The van der Waals surface area contributed by atoms with Gasteiger partial charge >= 0.3 is 5.63 Å². The van der Waals surface area contributed by atoms with Gasteiger partial charge in [-0.05, 0) is 36.2 Å². The minimum Gasteiger partial charge on any atom is -0.507 e. The van der Waals surface area contributed by atoms with E-state index in [0.29, 0.717) is 0 Å². The second-order valence-electron chi connectivity index (χ2n) is 5.89. The number of hydrogen-bond acceptors (Lipinski definition) is 5. The molecule has 1 unspecified atom stereocenters. The number of benzene rings is 2. The minimum absolute atomic E-state index is 0.0111. The van der Waals surface area contributed by atoms with Crippen LogP contribution in [-0.2, 0) is 4.79 Å². The van der Waals surface area contributed by atoms with Gasteiger partial charge in [0, 0.05) is 22.9 Å². The molecular weight excluding hydrogens is 334 g/mol. The predicted octanol–water partition coefficient (Wildman–Crippen LogP) is 4.55. The molecule has 7 heteroatoms. The number of carbonyl (C=O) groups excluding carboxylic acids is 1. The molecule has 1 N–H and O–H groups in total. The van der Waals surface area contributed by atoms with Crippen LogP contribution in [0.25, 0.3) is 21.4 Å². The standard InChI is InChI=1S/C19H15N3O4/c1-11(23)9-14(12-5-3-2-4-6-12)17-18(24)15-10-13(21-22-20)7-8-16(15)26-19(17)25/h2-8,10,14,24H,9H2,1H3. The molecule has 0 amide bonds. The number of Topliss-reactive ketones (excluding diaryl/α,β-unsaturated/α-hetero) is 1. The molecule has 0 spiro atoms. The van der Waals surface area contributed by atoms with E-state index in [4.69, 9.17) is 9.95 Å². The molecule has 0 aliphatic rings. The first-order chi connectivity index (χ1) is 12.5. The zero-order valence-corrected chi connectivity index (χ0v) is 13.9. The molecule has 3 rings (SSSR count). The molecule has 0 aliphatic heterocycles. The van der Waals surface area contributed by atoms with Crippen molar-refractivity contribution in [2.75, 3.05) is 0 Å². The van der Waals surface area contributed by atoms with E-state index < -0.39 is 11.5 Å². The predicted molar refractivity (Wildman–Crippen MR) is 96.5 cm³/mol. The Morgan fingerprint density at radius 3 is 2.65 bits per heavy atom. The van der Waals surface area contributed by atoms with Crippen molar-refractivity contribution in [2.24, 2.45) is 5.11 Å². The summed E-state index contributed by atoms with van der Waals surface area (Å²) in [5.41, 5.74) is 9.05. The van der Waals surface area contributed by atoms with E-state index in [9.17, 15) is 14.7 Å². The van der Waals surface area contributed by atoms with Gasteiger partial charge in [0.25, 0.3) is 0 Å². The van der Waals surface area contributed by atoms with E-state index in [1.54, 1.807) is 24.3 Å². The van der Waals surface area contributed by atoms with E-state index in [2.05, 4.69) is 10.0 Å². The zero-order chi connectivity index (χ0) is 18.7. The summed E-state index contributed by atoms with van der Waals surface area (Å²) in [5, 5.41) is 14.5. The van der Waals surface area contributed by atoms with Crippen molar-refractivity contribution in [1.82, 2.24) is 0 Å². The first kappa shape index (κ1) is 17.3. The highest BCUT2D eigenvalue weighted by molar-refractivity contribution is 5.87. The maximum atomic E-state index is 12.5. The lowest BCUT2D eigenvalue weighted by Gasteiger charge is -2.17. The molecule has 3 aromatic rings. The monoisotopic (exact) mass is 349 g/mol. The topological polar surface area (TPSA) is 116 Å². The Balaban J connectivity index is 2.28. The SMILES string of the molecule is CC(=O)CC(c1ccccc1)c1c(O)c2cc(N=[N+]=[N-])ccc2oc1=O. The van der Waals surface area contributed by atoms with E-state index in [1.165, 1.54) is 25.1 Å². The lowest BCUT2D eigenvalue weighted by Crippen LogP contribution is -2.16. The van der Waals surface area contributed by atoms with Crippen LogP contribution in [0, 0.1) is 0 Å². The molecule has 1 atom stereocenters. The first-order valence-electron chi connectivity index (χ1n) is 7.90. The van der Waals surface area contributed by atoms with Gasteiger partial charge in [-0.3, -0.25) is 4.79 Å². The summed E-state index contributed by atoms with van der Waals surface area (Å²) in [7, 11) is 0. The number of rotatable bonds is 5. The third-order valence-electron chi connectivity index (χ3n) is 4.10. The Hall–Kier alpha value is -3.57. The van der Waals surface area contributed by atoms with Crippen LogP contribution >= 0.6 is 0 Å². The number of aromatic hydroxyl groups is 1. The van der Waals surface area contributed by atoms with Crippen LogP contribution < -0.4 is 5.63 Å². The van der Waals surface area contributed by atoms with Crippen LogP contribution in [0.15, 0.2) is 62.9 Å². The molecule has 7 nitrogen and oxygen atoms in total. The van der Waals surface area contributed by atoms with E-state index in [0.717, 1.165) is 5.56 Å². The molecular formula is C19H15N3O4. The largest absolute Gasteiger partial charge is 0.507 e. The Morgan fingerprint density at radius 1 is 1.27 bits per heavy atom. The van der Waals surface area contributed by atoms with Crippen molar-refractivity contribution >= 4 is 22.4 Å². The number of azide groups is 1. The molecule has 0 bridgehead atoms. The normalized spacial score (nSPS) is 11.7. The van der Waals surface area contributed by atoms with Crippen LogP contribution in [0.3, 0.4) is 0 Å². The molecule has 0 saturated heterocycles. The van der Waals surface area contributed by atoms with Gasteiger partial charge in [-0.25, -0.2) is 4.79 Å². The number of nitrogens with zero attached hydrogens (tertiary/aromatic N) is 3. The third-order valence-corrected chi connectivity index (χ3v) is 4.10. The van der Waals surface area contributed by atoms with Crippen LogP contribution in [0.2, 0.25) is 0 Å². The Morgan fingerprint density at radius 2 is 2.00 bits per heavy atom. The van der Waals surface area contributed by atoms with Gasteiger partial charge in [0.2, 0.25) is 0 Å². The molecule has 0 fully saturated rings. The fourth-order valence-electron chi connectivity index (χ4n) is 2.97. The smallest absolute Gasteiger partial charge is 0.343 e. The van der Waals surface area contributed by atoms with Crippen molar-refractivity contribution in [3.05, 3.63) is 80.5 Å². The zero-order valence-electron chi connectivity index (χ0n) is 13.9. The van der Waals surface area contributed by atoms with Crippen LogP contribution in [0.4, 0.5) is 5.69 Å². The average molecular weight is 349 g/mol. The summed E-state index contributed by atoms with van der Waals surface area (Å²) in [5.74, 6) is -1.04. The van der Waals surface area contributed by atoms with E-state index >= 15 is 0 Å². The number of fused-ring (bicyclic) bond motifs is 1. The van der Waals surface area contributed by atoms with Gasteiger partial charge in [0.05, 0.1) is 10.9 Å². The second kappa shape index (κ2) is 7.13. The molecule has 2 aromatic carbocycles. The van der Waals surface area contributed by atoms with Crippen LogP contribution in [0.5, 0.6) is 5.75 Å². The van der Waals surface area contributed by atoms with Crippen molar-refractivity contribution in [1.29, 1.82) is 0 Å². The van der Waals surface area contributed by atoms with E-state index in [1.807, 2.05) is 6.07 Å². The molecule has 1 heterocycles. The lowest BCUT2D eigenvalue weighted by molar-refractivity contribution is -0.117. The number of ketones is 1. The third kappa shape index (κ3) is 3.29. The van der Waals surface area contributed by atoms with Crippen molar-refractivity contribution in [3.63, 3.8) is 0 Å². The Bertz CT molecular complexity index is 1080. The Labute approximate surface area is 148 Å². The highest BCUT2D eigenvalue weighted by Crippen LogP contribution is 2.37. The van der Waals surface area contributed by atoms with Gasteiger partial charge in [-0.1, -0.05) is 35.4 Å². The van der Waals surface area contributed by atoms with E-state index in [-0.39, 0.29) is 40.2 Å². The summed E-state index contributed by atoms with van der Waals surface area (Å²) >= 11 is 0. The molecule has 0 aliphatic carbocycles. The highest BCUT2D eigenvalue weighted by atomic mass is 16.4. The minimum atomic E-state index is -0.707. The second-order valence-corrected chi connectivity index (χ2v) is 5.89. The van der Waals surface area contributed by atoms with Gasteiger partial charge in [-0.15, -0.1) is 0 Å². The number of hydrogen-bond donors (Lipinski definition) is 1. The summed E-state index contributed by atoms with van der Waals surface area (Å²) in [6.45, 7) is 1.43. The fourth-order valence-corrected chi connectivity index (χ4v) is 2.97. The summed E-state index contributed by atoms with van der Waals surface area (Å²) in [6, 6.07) is 13.3. The first-order valence-corrected chi connectivity index (χ1v) is 7.90. The average Bonchev–Trinajstić information content (AvgIpc) is 2.62. The maximum absolute atomic E-state index is 12.5. The number of carbonyl (C=O) groups is 1. The molecule has 0 radical (unpaired) electrons. The van der Waals surface area contributed by atoms with Crippen LogP contribution in [0.1, 0.15) is 30.4 Å².